The lowest BCUT2D eigenvalue weighted by Crippen LogP contribution is -2.04. The Balaban J connectivity index is 2.07. The van der Waals surface area contributed by atoms with E-state index in [0.29, 0.717) is 0 Å². The van der Waals surface area contributed by atoms with E-state index in [2.05, 4.69) is 0 Å². The maximum absolute atomic E-state index is 11.7. The molecule has 1 aromatic carbocycles. The van der Waals surface area contributed by atoms with Crippen molar-refractivity contribution in [1.82, 2.24) is 0 Å². The van der Waals surface area contributed by atoms with Crippen LogP contribution in [0.15, 0.2) is 30.3 Å². The molecule has 0 spiro atoms. The van der Waals surface area contributed by atoms with Crippen LogP contribution in [0.3, 0.4) is 0 Å². The fourth-order valence-electron chi connectivity index (χ4n) is 1.59. The lowest BCUT2D eigenvalue weighted by molar-refractivity contribution is 0.0954. The van der Waals surface area contributed by atoms with E-state index in [1.165, 1.54) is 0 Å². The molecule has 0 radical (unpaired) electrons. The molecule has 0 saturated heterocycles. The smallest absolute Gasteiger partial charge is 0.166 e. The van der Waals surface area contributed by atoms with E-state index in [4.69, 9.17) is 5.11 Å². The quantitative estimate of drug-likeness (QED) is 0.708. The first-order chi connectivity index (χ1) is 6.33. The van der Waals surface area contributed by atoms with Crippen molar-refractivity contribution < 1.29 is 9.90 Å². The minimum absolute atomic E-state index is 0.0763. The van der Waals surface area contributed by atoms with Crippen LogP contribution in [0, 0.1) is 11.8 Å². The van der Waals surface area contributed by atoms with Crippen molar-refractivity contribution >= 4 is 5.78 Å². The Labute approximate surface area is 77.2 Å². The van der Waals surface area contributed by atoms with Crippen molar-refractivity contribution in [1.29, 1.82) is 0 Å². The normalized spacial score (nSPS) is 25.6. The molecular weight excluding hydrogens is 164 g/mol. The molecule has 0 bridgehead atoms. The second kappa shape index (κ2) is 3.30. The monoisotopic (exact) mass is 176 g/mol. The van der Waals surface area contributed by atoms with Crippen LogP contribution in [-0.4, -0.2) is 17.5 Å². The zero-order chi connectivity index (χ0) is 9.26. The van der Waals surface area contributed by atoms with Crippen LogP contribution < -0.4 is 0 Å². The first kappa shape index (κ1) is 8.45. The van der Waals surface area contributed by atoms with Gasteiger partial charge in [-0.1, -0.05) is 30.3 Å². The largest absolute Gasteiger partial charge is 0.396 e. The molecule has 1 fully saturated rings. The topological polar surface area (TPSA) is 37.3 Å². The summed E-state index contributed by atoms with van der Waals surface area (Å²) in [6.45, 7) is 0.142. The number of benzene rings is 1. The van der Waals surface area contributed by atoms with E-state index in [9.17, 15) is 4.79 Å². The molecular formula is C11H12O2. The fourth-order valence-corrected chi connectivity index (χ4v) is 1.59. The second-order valence-corrected chi connectivity index (χ2v) is 3.52. The molecule has 1 aliphatic carbocycles. The Morgan fingerprint density at radius 2 is 2.08 bits per heavy atom. The Morgan fingerprint density at radius 3 is 2.62 bits per heavy atom. The van der Waals surface area contributed by atoms with Gasteiger partial charge in [0, 0.05) is 18.1 Å². The standard InChI is InChI=1S/C11H12O2/c12-7-9-6-10(9)11(13)8-4-2-1-3-5-8/h1-5,9-10,12H,6-7H2/t9-,10-/m1/s1. The van der Waals surface area contributed by atoms with Gasteiger partial charge in [-0.3, -0.25) is 4.79 Å². The van der Waals surface area contributed by atoms with Crippen molar-refractivity contribution in [3.05, 3.63) is 35.9 Å². The molecule has 0 amide bonds. The molecule has 2 atom stereocenters. The minimum Gasteiger partial charge on any atom is -0.396 e. The minimum atomic E-state index is 0.0763. The SMILES string of the molecule is O=C(c1ccccc1)[C@@H]1C[C@@H]1CO. The number of carbonyl (C=O) groups is 1. The summed E-state index contributed by atoms with van der Waals surface area (Å²) in [6, 6.07) is 9.28. The molecule has 68 valence electrons. The average molecular weight is 176 g/mol. The lowest BCUT2D eigenvalue weighted by atomic mass is 10.1. The third-order valence-corrected chi connectivity index (χ3v) is 2.55. The van der Waals surface area contributed by atoms with Gasteiger partial charge in [0.15, 0.2) is 5.78 Å². The van der Waals surface area contributed by atoms with E-state index in [-0.39, 0.29) is 24.2 Å². The summed E-state index contributed by atoms with van der Waals surface area (Å²) in [5, 5.41) is 8.82. The summed E-state index contributed by atoms with van der Waals surface area (Å²) in [4.78, 5) is 11.7. The van der Waals surface area contributed by atoms with Crippen LogP contribution in [0.5, 0.6) is 0 Å². The van der Waals surface area contributed by atoms with E-state index < -0.39 is 0 Å². The Kier molecular flexibility index (Phi) is 2.15. The van der Waals surface area contributed by atoms with Gasteiger partial charge in [-0.05, 0) is 12.3 Å². The summed E-state index contributed by atoms with van der Waals surface area (Å²) in [5.74, 6) is 0.472. The highest BCUT2D eigenvalue weighted by Crippen LogP contribution is 2.40. The van der Waals surface area contributed by atoms with Crippen molar-refractivity contribution in [3.63, 3.8) is 0 Å². The Bertz CT molecular complexity index is 305. The molecule has 1 N–H and O–H groups in total. The highest BCUT2D eigenvalue weighted by Gasteiger charge is 2.42. The Morgan fingerprint density at radius 1 is 1.38 bits per heavy atom. The summed E-state index contributed by atoms with van der Waals surface area (Å²) in [7, 11) is 0. The summed E-state index contributed by atoms with van der Waals surface area (Å²) in [6.07, 6.45) is 0.851. The molecule has 1 aliphatic rings. The van der Waals surface area contributed by atoms with Gasteiger partial charge in [-0.15, -0.1) is 0 Å². The van der Waals surface area contributed by atoms with Crippen LogP contribution in [0.2, 0.25) is 0 Å². The number of hydrogen-bond acceptors (Lipinski definition) is 2. The summed E-state index contributed by atoms with van der Waals surface area (Å²) >= 11 is 0. The predicted octanol–water partition coefficient (Wildman–Crippen LogP) is 1.50. The molecule has 1 saturated carbocycles. The number of ketones is 1. The van der Waals surface area contributed by atoms with Gasteiger partial charge in [0.1, 0.15) is 0 Å². The third-order valence-electron chi connectivity index (χ3n) is 2.55. The van der Waals surface area contributed by atoms with Crippen molar-refractivity contribution in [3.8, 4) is 0 Å². The van der Waals surface area contributed by atoms with Crippen LogP contribution >= 0.6 is 0 Å². The molecule has 2 nitrogen and oxygen atoms in total. The maximum Gasteiger partial charge on any atom is 0.166 e. The van der Waals surface area contributed by atoms with Crippen LogP contribution in [-0.2, 0) is 0 Å². The first-order valence-corrected chi connectivity index (χ1v) is 4.53. The number of carbonyl (C=O) groups excluding carboxylic acids is 1. The van der Waals surface area contributed by atoms with Crippen LogP contribution in [0.4, 0.5) is 0 Å². The van der Waals surface area contributed by atoms with E-state index >= 15 is 0 Å². The zero-order valence-corrected chi connectivity index (χ0v) is 7.31. The van der Waals surface area contributed by atoms with Crippen LogP contribution in [0.25, 0.3) is 0 Å². The van der Waals surface area contributed by atoms with Gasteiger partial charge >= 0.3 is 0 Å². The van der Waals surface area contributed by atoms with Gasteiger partial charge < -0.3 is 5.11 Å². The molecule has 2 rings (SSSR count). The molecule has 0 aliphatic heterocycles. The number of rotatable bonds is 3. The molecule has 1 aromatic rings. The van der Waals surface area contributed by atoms with Gasteiger partial charge in [0.2, 0.25) is 0 Å². The first-order valence-electron chi connectivity index (χ1n) is 4.53. The zero-order valence-electron chi connectivity index (χ0n) is 7.31. The molecule has 2 heteroatoms. The van der Waals surface area contributed by atoms with Crippen molar-refractivity contribution in [2.45, 2.75) is 6.42 Å². The van der Waals surface area contributed by atoms with E-state index in [1.807, 2.05) is 30.3 Å². The van der Waals surface area contributed by atoms with E-state index in [1.54, 1.807) is 0 Å². The number of Topliss-reactive ketones (excluding diaryl/α,β-unsaturated/α-hetero) is 1. The third kappa shape index (κ3) is 1.63. The van der Waals surface area contributed by atoms with Crippen molar-refractivity contribution in [2.75, 3.05) is 6.61 Å². The molecule has 13 heavy (non-hydrogen) atoms. The number of aliphatic hydroxyl groups is 1. The van der Waals surface area contributed by atoms with Gasteiger partial charge in [-0.25, -0.2) is 0 Å². The molecule has 0 aromatic heterocycles. The Hall–Kier alpha value is -1.15. The molecule has 0 unspecified atom stereocenters. The average Bonchev–Trinajstić information content (AvgIpc) is 2.97. The number of hydrogen-bond donors (Lipinski definition) is 1. The maximum atomic E-state index is 11.7. The number of aliphatic hydroxyl groups excluding tert-OH is 1. The van der Waals surface area contributed by atoms with Gasteiger partial charge in [-0.2, -0.15) is 0 Å². The molecule has 0 heterocycles. The van der Waals surface area contributed by atoms with Crippen LogP contribution in [0.1, 0.15) is 16.8 Å². The highest BCUT2D eigenvalue weighted by atomic mass is 16.3. The summed E-state index contributed by atoms with van der Waals surface area (Å²) < 4.78 is 0. The van der Waals surface area contributed by atoms with Crippen molar-refractivity contribution in [2.24, 2.45) is 11.8 Å². The highest BCUT2D eigenvalue weighted by molar-refractivity contribution is 5.99. The summed E-state index contributed by atoms with van der Waals surface area (Å²) in [5.41, 5.74) is 0.767. The lowest BCUT2D eigenvalue weighted by Gasteiger charge is -1.97. The van der Waals surface area contributed by atoms with Gasteiger partial charge in [0.05, 0.1) is 0 Å². The fraction of sp³-hybridized carbons (Fsp3) is 0.364. The van der Waals surface area contributed by atoms with Gasteiger partial charge in [0.25, 0.3) is 0 Å². The predicted molar refractivity (Wildman–Crippen MR) is 49.5 cm³/mol. The second-order valence-electron chi connectivity index (χ2n) is 3.52. The van der Waals surface area contributed by atoms with E-state index in [0.717, 1.165) is 12.0 Å².